The van der Waals surface area contributed by atoms with Crippen molar-refractivity contribution in [2.45, 2.75) is 13.0 Å². The molecule has 1 aromatic rings. The fourth-order valence-corrected chi connectivity index (χ4v) is 2.05. The number of aliphatic hydroxyl groups excluding tert-OH is 1. The maximum atomic E-state index is 9.48. The lowest BCUT2D eigenvalue weighted by Crippen LogP contribution is -2.15. The summed E-state index contributed by atoms with van der Waals surface area (Å²) in [6, 6.07) is 3.64. The summed E-state index contributed by atoms with van der Waals surface area (Å²) >= 11 is 3.38. The molecule has 0 fully saturated rings. The lowest BCUT2D eigenvalue weighted by atomic mass is 10.1. The average Bonchev–Trinajstić information content (AvgIpc) is 2.16. The predicted molar refractivity (Wildman–Crippen MR) is 55.8 cm³/mol. The molecule has 1 heterocycles. The van der Waals surface area contributed by atoms with E-state index in [4.69, 9.17) is 9.47 Å². The molecule has 0 aliphatic carbocycles. The molecule has 1 N–H and O–H groups in total. The Balaban J connectivity index is 2.45. The molecule has 1 atom stereocenters. The second-order valence-corrected chi connectivity index (χ2v) is 4.05. The van der Waals surface area contributed by atoms with Crippen molar-refractivity contribution in [3.63, 3.8) is 0 Å². The van der Waals surface area contributed by atoms with E-state index in [-0.39, 0.29) is 0 Å². The van der Waals surface area contributed by atoms with Crippen LogP contribution in [0.15, 0.2) is 16.6 Å². The quantitative estimate of drug-likeness (QED) is 0.840. The van der Waals surface area contributed by atoms with E-state index in [0.717, 1.165) is 15.8 Å². The van der Waals surface area contributed by atoms with Crippen molar-refractivity contribution >= 4 is 15.9 Å². The zero-order valence-electron chi connectivity index (χ0n) is 7.79. The number of aliphatic hydroxyl groups is 1. The molecule has 0 spiro atoms. The second kappa shape index (κ2) is 3.79. The van der Waals surface area contributed by atoms with Crippen molar-refractivity contribution in [1.82, 2.24) is 0 Å². The van der Waals surface area contributed by atoms with Gasteiger partial charge in [0.25, 0.3) is 0 Å². The zero-order chi connectivity index (χ0) is 10.1. The Kier molecular flexibility index (Phi) is 2.65. The fourth-order valence-electron chi connectivity index (χ4n) is 1.40. The van der Waals surface area contributed by atoms with Gasteiger partial charge in [0.1, 0.15) is 13.2 Å². The lowest BCUT2D eigenvalue weighted by molar-refractivity contribution is 0.168. The molecule has 0 saturated carbocycles. The lowest BCUT2D eigenvalue weighted by Gasteiger charge is -2.20. The van der Waals surface area contributed by atoms with Crippen LogP contribution in [-0.4, -0.2) is 18.3 Å². The summed E-state index contributed by atoms with van der Waals surface area (Å²) in [7, 11) is 0. The van der Waals surface area contributed by atoms with Crippen molar-refractivity contribution in [2.24, 2.45) is 0 Å². The number of halogens is 1. The number of fused-ring (bicyclic) bond motifs is 1. The molecule has 3 nitrogen and oxygen atoms in total. The molecule has 0 amide bonds. The highest BCUT2D eigenvalue weighted by molar-refractivity contribution is 9.10. The first-order valence-electron chi connectivity index (χ1n) is 4.45. The van der Waals surface area contributed by atoms with Gasteiger partial charge in [-0.25, -0.2) is 0 Å². The smallest absolute Gasteiger partial charge is 0.162 e. The van der Waals surface area contributed by atoms with Gasteiger partial charge in [-0.05, 0) is 24.6 Å². The van der Waals surface area contributed by atoms with Gasteiger partial charge in [0.15, 0.2) is 11.5 Å². The maximum absolute atomic E-state index is 9.48. The van der Waals surface area contributed by atoms with Crippen LogP contribution in [-0.2, 0) is 0 Å². The van der Waals surface area contributed by atoms with E-state index in [1.54, 1.807) is 6.92 Å². The van der Waals surface area contributed by atoms with Gasteiger partial charge in [-0.15, -0.1) is 0 Å². The van der Waals surface area contributed by atoms with Crippen LogP contribution in [0.25, 0.3) is 0 Å². The molecule has 14 heavy (non-hydrogen) atoms. The van der Waals surface area contributed by atoms with Gasteiger partial charge in [-0.3, -0.25) is 0 Å². The molecule has 0 aromatic heterocycles. The fraction of sp³-hybridized carbons (Fsp3) is 0.400. The van der Waals surface area contributed by atoms with Gasteiger partial charge >= 0.3 is 0 Å². The number of ether oxygens (including phenoxy) is 2. The van der Waals surface area contributed by atoms with E-state index < -0.39 is 6.10 Å². The first-order valence-corrected chi connectivity index (χ1v) is 5.25. The van der Waals surface area contributed by atoms with Crippen LogP contribution < -0.4 is 9.47 Å². The highest BCUT2D eigenvalue weighted by atomic mass is 79.9. The molecule has 1 aliphatic heterocycles. The normalized spacial score (nSPS) is 16.5. The van der Waals surface area contributed by atoms with Gasteiger partial charge in [-0.2, -0.15) is 0 Å². The zero-order valence-corrected chi connectivity index (χ0v) is 9.37. The van der Waals surface area contributed by atoms with Gasteiger partial charge < -0.3 is 14.6 Å². The van der Waals surface area contributed by atoms with E-state index in [1.165, 1.54) is 0 Å². The van der Waals surface area contributed by atoms with Gasteiger partial charge in [0.05, 0.1) is 6.10 Å². The minimum absolute atomic E-state index is 0.514. The van der Waals surface area contributed by atoms with Crippen LogP contribution in [0, 0.1) is 0 Å². The Bertz CT molecular complexity index is 349. The van der Waals surface area contributed by atoms with E-state index in [1.807, 2.05) is 12.1 Å². The Morgan fingerprint density at radius 3 is 2.43 bits per heavy atom. The Labute approximate surface area is 90.8 Å². The molecule has 76 valence electrons. The van der Waals surface area contributed by atoms with Crippen LogP contribution in [0.2, 0.25) is 0 Å². The van der Waals surface area contributed by atoms with Crippen LogP contribution >= 0.6 is 15.9 Å². The molecule has 1 aromatic carbocycles. The van der Waals surface area contributed by atoms with Crippen LogP contribution in [0.4, 0.5) is 0 Å². The number of hydrogen-bond donors (Lipinski definition) is 1. The standard InChI is InChI=1S/C10H11BrO3/c1-6(12)7-4-9-10(5-8(7)11)14-3-2-13-9/h4-6,12H,2-3H2,1H3/t6-/m1/s1. The molecule has 0 radical (unpaired) electrons. The minimum atomic E-state index is -0.514. The molecule has 0 bridgehead atoms. The molecule has 4 heteroatoms. The molecule has 2 rings (SSSR count). The Hall–Kier alpha value is -0.740. The van der Waals surface area contributed by atoms with Crippen molar-refractivity contribution in [3.05, 3.63) is 22.2 Å². The molecular formula is C10H11BrO3. The van der Waals surface area contributed by atoms with Crippen molar-refractivity contribution in [1.29, 1.82) is 0 Å². The third-order valence-electron chi connectivity index (χ3n) is 2.11. The molecule has 1 aliphatic rings. The first kappa shape index (κ1) is 9.80. The Morgan fingerprint density at radius 1 is 1.29 bits per heavy atom. The summed E-state index contributed by atoms with van der Waals surface area (Å²) in [4.78, 5) is 0. The minimum Gasteiger partial charge on any atom is -0.486 e. The number of benzene rings is 1. The summed E-state index contributed by atoms with van der Waals surface area (Å²) in [5, 5.41) is 9.48. The Morgan fingerprint density at radius 2 is 1.86 bits per heavy atom. The second-order valence-electron chi connectivity index (χ2n) is 3.19. The summed E-state index contributed by atoms with van der Waals surface area (Å²) in [6.07, 6.45) is -0.514. The molecule has 0 unspecified atom stereocenters. The van der Waals surface area contributed by atoms with Crippen LogP contribution in [0.5, 0.6) is 11.5 Å². The largest absolute Gasteiger partial charge is 0.486 e. The topological polar surface area (TPSA) is 38.7 Å². The van der Waals surface area contributed by atoms with E-state index >= 15 is 0 Å². The average molecular weight is 259 g/mol. The third-order valence-corrected chi connectivity index (χ3v) is 2.80. The monoisotopic (exact) mass is 258 g/mol. The van der Waals surface area contributed by atoms with Crippen LogP contribution in [0.3, 0.4) is 0 Å². The van der Waals surface area contributed by atoms with Gasteiger partial charge in [-0.1, -0.05) is 15.9 Å². The first-order chi connectivity index (χ1) is 6.68. The highest BCUT2D eigenvalue weighted by Crippen LogP contribution is 2.37. The van der Waals surface area contributed by atoms with Crippen molar-refractivity contribution in [2.75, 3.05) is 13.2 Å². The van der Waals surface area contributed by atoms with Gasteiger partial charge in [0.2, 0.25) is 0 Å². The van der Waals surface area contributed by atoms with Gasteiger partial charge in [0, 0.05) is 4.47 Å². The summed E-state index contributed by atoms with van der Waals surface area (Å²) in [5.74, 6) is 1.43. The number of rotatable bonds is 1. The summed E-state index contributed by atoms with van der Waals surface area (Å²) in [5.41, 5.74) is 0.814. The van der Waals surface area contributed by atoms with E-state index in [2.05, 4.69) is 15.9 Å². The SMILES string of the molecule is C[C@@H](O)c1cc2c(cc1Br)OCCO2. The number of hydrogen-bond acceptors (Lipinski definition) is 3. The molecule has 0 saturated heterocycles. The summed E-state index contributed by atoms with van der Waals surface area (Å²) in [6.45, 7) is 2.86. The third kappa shape index (κ3) is 1.72. The molecular weight excluding hydrogens is 248 g/mol. The van der Waals surface area contributed by atoms with E-state index in [9.17, 15) is 5.11 Å². The summed E-state index contributed by atoms with van der Waals surface area (Å²) < 4.78 is 11.7. The maximum Gasteiger partial charge on any atom is 0.162 e. The van der Waals surface area contributed by atoms with Crippen molar-refractivity contribution < 1.29 is 14.6 Å². The predicted octanol–water partition coefficient (Wildman–Crippen LogP) is 2.27. The van der Waals surface area contributed by atoms with E-state index in [0.29, 0.717) is 19.0 Å². The van der Waals surface area contributed by atoms with Crippen molar-refractivity contribution in [3.8, 4) is 11.5 Å². The van der Waals surface area contributed by atoms with Crippen LogP contribution in [0.1, 0.15) is 18.6 Å². The highest BCUT2D eigenvalue weighted by Gasteiger charge is 2.16.